The third-order valence-corrected chi connectivity index (χ3v) is 6.65. The van der Waals surface area contributed by atoms with E-state index in [9.17, 15) is 14.4 Å². The Morgan fingerprint density at radius 3 is 2.43 bits per heavy atom. The van der Waals surface area contributed by atoms with Crippen molar-refractivity contribution in [3.8, 4) is 0 Å². The highest BCUT2D eigenvalue weighted by atomic mass is 16.5. The zero-order valence-corrected chi connectivity index (χ0v) is 17.6. The number of hydrogen-bond acceptors (Lipinski definition) is 5. The molecule has 8 heteroatoms. The van der Waals surface area contributed by atoms with Gasteiger partial charge in [0.05, 0.1) is 6.20 Å². The first-order chi connectivity index (χ1) is 14.5. The lowest BCUT2D eigenvalue weighted by atomic mass is 9.77. The summed E-state index contributed by atoms with van der Waals surface area (Å²) >= 11 is 0. The first-order valence-corrected chi connectivity index (χ1v) is 11.3. The topological polar surface area (TPSA) is 127 Å². The summed E-state index contributed by atoms with van der Waals surface area (Å²) in [5.41, 5.74) is 5.41. The molecule has 2 saturated carbocycles. The molecule has 166 valence electrons. The molecular weight excluding hydrogens is 384 g/mol. The summed E-state index contributed by atoms with van der Waals surface area (Å²) in [5, 5.41) is 9.45. The molecule has 2 unspecified atom stereocenters. The molecule has 8 nitrogen and oxygen atoms in total. The van der Waals surface area contributed by atoms with Gasteiger partial charge in [-0.25, -0.2) is 0 Å². The largest absolute Gasteiger partial charge is 0.370 e. The molecule has 2 aliphatic rings. The minimum absolute atomic E-state index is 0.102. The highest BCUT2D eigenvalue weighted by Crippen LogP contribution is 2.32. The van der Waals surface area contributed by atoms with E-state index in [-0.39, 0.29) is 29.4 Å². The minimum Gasteiger partial charge on any atom is -0.370 e. The zero-order chi connectivity index (χ0) is 21.3. The van der Waals surface area contributed by atoms with Crippen molar-refractivity contribution < 1.29 is 18.9 Å². The Balaban J connectivity index is 1.59. The van der Waals surface area contributed by atoms with Crippen LogP contribution in [-0.4, -0.2) is 35.5 Å². The Morgan fingerprint density at radius 1 is 1.07 bits per heavy atom. The van der Waals surface area contributed by atoms with E-state index < -0.39 is 11.9 Å². The Labute approximate surface area is 177 Å². The van der Waals surface area contributed by atoms with Crippen LogP contribution in [0.3, 0.4) is 0 Å². The van der Waals surface area contributed by atoms with Crippen LogP contribution >= 0.6 is 0 Å². The lowest BCUT2D eigenvalue weighted by Crippen LogP contribution is -2.49. The minimum atomic E-state index is -0.608. The molecule has 0 radical (unpaired) electrons. The Hall–Kier alpha value is -2.38. The quantitative estimate of drug-likeness (QED) is 0.568. The second-order valence-electron chi connectivity index (χ2n) is 8.86. The molecule has 0 spiro atoms. The molecule has 0 aliphatic heterocycles. The Bertz CT molecular complexity index is 700. The first-order valence-electron chi connectivity index (χ1n) is 11.3. The summed E-state index contributed by atoms with van der Waals surface area (Å²) in [7, 11) is 0. The molecular formula is C22H34N4O4. The molecule has 0 saturated heterocycles. The van der Waals surface area contributed by atoms with Crippen LogP contribution in [-0.2, 0) is 9.59 Å². The van der Waals surface area contributed by atoms with E-state index >= 15 is 0 Å². The second kappa shape index (κ2) is 11.1. The third kappa shape index (κ3) is 6.57. The van der Waals surface area contributed by atoms with Gasteiger partial charge in [0.2, 0.25) is 17.6 Å². The number of aromatic nitrogens is 1. The van der Waals surface area contributed by atoms with Crippen LogP contribution in [0.1, 0.15) is 81.2 Å². The molecule has 1 aromatic heterocycles. The third-order valence-electron chi connectivity index (χ3n) is 6.65. The first kappa shape index (κ1) is 22.3. The van der Waals surface area contributed by atoms with Crippen molar-refractivity contribution in [1.82, 2.24) is 15.8 Å². The zero-order valence-electron chi connectivity index (χ0n) is 17.6. The normalized spacial score (nSPS) is 23.5. The highest BCUT2D eigenvalue weighted by molar-refractivity contribution is 5.95. The van der Waals surface area contributed by atoms with Gasteiger partial charge in [0.25, 0.3) is 5.91 Å². The average molecular weight is 419 g/mol. The molecule has 0 aromatic carbocycles. The summed E-state index contributed by atoms with van der Waals surface area (Å²) < 4.78 is 4.93. The maximum absolute atomic E-state index is 13.0. The molecule has 2 aliphatic carbocycles. The van der Waals surface area contributed by atoms with Crippen molar-refractivity contribution in [2.24, 2.45) is 23.5 Å². The van der Waals surface area contributed by atoms with Crippen molar-refractivity contribution in [1.29, 1.82) is 0 Å². The van der Waals surface area contributed by atoms with E-state index in [0.717, 1.165) is 38.5 Å². The van der Waals surface area contributed by atoms with Gasteiger partial charge in [0.1, 0.15) is 6.04 Å². The van der Waals surface area contributed by atoms with Crippen molar-refractivity contribution in [3.63, 3.8) is 0 Å². The van der Waals surface area contributed by atoms with Gasteiger partial charge in [-0.1, -0.05) is 50.1 Å². The highest BCUT2D eigenvalue weighted by Gasteiger charge is 2.30. The predicted molar refractivity (Wildman–Crippen MR) is 111 cm³/mol. The number of nitrogens with two attached hydrogens (primary N) is 1. The number of carbonyl (C=O) groups is 3. The summed E-state index contributed by atoms with van der Waals surface area (Å²) in [4.78, 5) is 36.9. The number of amides is 3. The van der Waals surface area contributed by atoms with Crippen molar-refractivity contribution in [2.45, 2.75) is 76.7 Å². The Kier molecular flexibility index (Phi) is 8.28. The lowest BCUT2D eigenvalue weighted by molar-refractivity contribution is -0.123. The SMILES string of the molecule is NC(=O)CC1CCCCC1CNC(=O)[C@H](CC1CCCCC1)NC(=O)c1ccno1. The van der Waals surface area contributed by atoms with E-state index in [2.05, 4.69) is 15.8 Å². The number of hydrogen-bond donors (Lipinski definition) is 3. The molecule has 30 heavy (non-hydrogen) atoms. The molecule has 1 heterocycles. The number of nitrogens with one attached hydrogen (secondary N) is 2. The molecule has 3 rings (SSSR count). The van der Waals surface area contributed by atoms with Gasteiger partial charge in [-0.3, -0.25) is 14.4 Å². The van der Waals surface area contributed by atoms with Crippen LogP contribution in [0.4, 0.5) is 0 Å². The number of primary amides is 1. The summed E-state index contributed by atoms with van der Waals surface area (Å²) in [5.74, 6) is 0.122. The van der Waals surface area contributed by atoms with E-state index in [1.165, 1.54) is 31.5 Å². The summed E-state index contributed by atoms with van der Waals surface area (Å²) in [6.45, 7) is 0.510. The summed E-state index contributed by atoms with van der Waals surface area (Å²) in [6.07, 6.45) is 12.3. The average Bonchev–Trinajstić information content (AvgIpc) is 3.28. The second-order valence-corrected chi connectivity index (χ2v) is 8.86. The number of rotatable bonds is 9. The van der Waals surface area contributed by atoms with E-state index in [1.54, 1.807) is 0 Å². The van der Waals surface area contributed by atoms with Crippen LogP contribution in [0.5, 0.6) is 0 Å². The maximum atomic E-state index is 13.0. The van der Waals surface area contributed by atoms with E-state index in [4.69, 9.17) is 10.3 Å². The van der Waals surface area contributed by atoms with Gasteiger partial charge in [-0.05, 0) is 37.0 Å². The maximum Gasteiger partial charge on any atom is 0.290 e. The lowest BCUT2D eigenvalue weighted by Gasteiger charge is -2.32. The molecule has 3 atom stereocenters. The van der Waals surface area contributed by atoms with Gasteiger partial charge < -0.3 is 20.9 Å². The fourth-order valence-electron chi connectivity index (χ4n) is 4.99. The van der Waals surface area contributed by atoms with Gasteiger partial charge in [-0.15, -0.1) is 0 Å². The standard InChI is InChI=1S/C22H34N4O4/c23-20(27)13-16-8-4-5-9-17(16)14-24-21(28)18(12-15-6-2-1-3-7-15)26-22(29)19-10-11-25-30-19/h10-11,15-18H,1-9,12-14H2,(H2,23,27)(H,24,28)(H,26,29)/t16?,17?,18-/m0/s1. The molecule has 1 aromatic rings. The monoisotopic (exact) mass is 418 g/mol. The van der Waals surface area contributed by atoms with Gasteiger partial charge >= 0.3 is 0 Å². The van der Waals surface area contributed by atoms with Crippen LogP contribution < -0.4 is 16.4 Å². The number of nitrogens with zero attached hydrogens (tertiary/aromatic N) is 1. The molecule has 3 amide bonds. The van der Waals surface area contributed by atoms with Crippen LogP contribution in [0.25, 0.3) is 0 Å². The fraction of sp³-hybridized carbons (Fsp3) is 0.727. The van der Waals surface area contributed by atoms with Crippen molar-refractivity contribution in [3.05, 3.63) is 18.0 Å². The van der Waals surface area contributed by atoms with Crippen molar-refractivity contribution in [2.75, 3.05) is 6.54 Å². The van der Waals surface area contributed by atoms with E-state index in [0.29, 0.717) is 25.3 Å². The van der Waals surface area contributed by atoms with Crippen molar-refractivity contribution >= 4 is 17.7 Å². The van der Waals surface area contributed by atoms with Gasteiger partial charge in [0.15, 0.2) is 0 Å². The van der Waals surface area contributed by atoms with Crippen LogP contribution in [0, 0.1) is 17.8 Å². The predicted octanol–water partition coefficient (Wildman–Crippen LogP) is 2.54. The molecule has 0 bridgehead atoms. The Morgan fingerprint density at radius 2 is 1.77 bits per heavy atom. The van der Waals surface area contributed by atoms with Crippen LogP contribution in [0.2, 0.25) is 0 Å². The van der Waals surface area contributed by atoms with Gasteiger partial charge in [0, 0.05) is 19.0 Å². The fourth-order valence-corrected chi connectivity index (χ4v) is 4.99. The molecule has 2 fully saturated rings. The van der Waals surface area contributed by atoms with Crippen LogP contribution in [0.15, 0.2) is 16.8 Å². The smallest absolute Gasteiger partial charge is 0.290 e. The summed E-state index contributed by atoms with van der Waals surface area (Å²) in [6, 6.07) is 0.880. The molecule has 4 N–H and O–H groups in total. The number of carbonyl (C=O) groups excluding carboxylic acids is 3. The van der Waals surface area contributed by atoms with E-state index in [1.807, 2.05) is 0 Å². The van der Waals surface area contributed by atoms with Gasteiger partial charge in [-0.2, -0.15) is 0 Å².